The summed E-state index contributed by atoms with van der Waals surface area (Å²) >= 11 is 0. The number of hydrogen-bond acceptors (Lipinski definition) is 3. The quantitative estimate of drug-likeness (QED) is 0.562. The van der Waals surface area contributed by atoms with Crippen LogP contribution in [-0.2, 0) is 10.2 Å². The van der Waals surface area contributed by atoms with Crippen molar-refractivity contribution in [2.75, 3.05) is 44.2 Å². The topological polar surface area (TPSA) is 35.6 Å². The van der Waals surface area contributed by atoms with Crippen LogP contribution in [0, 0.1) is 5.41 Å². The molecule has 0 aromatic heterocycles. The number of benzene rings is 1. The van der Waals surface area contributed by atoms with Crippen LogP contribution in [0.15, 0.2) is 24.3 Å². The zero-order valence-electron chi connectivity index (χ0n) is 20.4. The molecule has 30 heavy (non-hydrogen) atoms. The Balaban J connectivity index is 1.60. The predicted octanol–water partition coefficient (Wildman–Crippen LogP) is 5.22. The van der Waals surface area contributed by atoms with Gasteiger partial charge in [0.2, 0.25) is 5.91 Å². The van der Waals surface area contributed by atoms with E-state index < -0.39 is 0 Å². The summed E-state index contributed by atoms with van der Waals surface area (Å²) in [5.41, 5.74) is 3.29. The van der Waals surface area contributed by atoms with Crippen LogP contribution in [-0.4, -0.2) is 50.1 Å². The number of carbonyl (C=O) groups excluding carboxylic acids is 1. The van der Waals surface area contributed by atoms with E-state index in [0.717, 1.165) is 39.1 Å². The number of piperazine rings is 1. The van der Waals surface area contributed by atoms with Crippen molar-refractivity contribution >= 4 is 11.6 Å². The summed E-state index contributed by atoms with van der Waals surface area (Å²) in [5, 5.41) is 3.11. The van der Waals surface area contributed by atoms with Crippen LogP contribution < -0.4 is 10.2 Å². The fourth-order valence-corrected chi connectivity index (χ4v) is 3.96. The Morgan fingerprint density at radius 2 is 1.47 bits per heavy atom. The lowest BCUT2D eigenvalue weighted by atomic mass is 9.87. The van der Waals surface area contributed by atoms with Crippen molar-refractivity contribution in [3.05, 3.63) is 29.8 Å². The number of anilines is 1. The first kappa shape index (κ1) is 24.7. The number of rotatable bonds is 9. The average molecular weight is 416 g/mol. The van der Waals surface area contributed by atoms with Gasteiger partial charge in [0.1, 0.15) is 0 Å². The molecule has 170 valence electrons. The van der Waals surface area contributed by atoms with Crippen LogP contribution in [0.3, 0.4) is 0 Å². The molecule has 1 aliphatic heterocycles. The van der Waals surface area contributed by atoms with E-state index in [1.54, 1.807) is 0 Å². The lowest BCUT2D eigenvalue weighted by molar-refractivity contribution is -0.122. The Morgan fingerprint density at radius 1 is 0.867 bits per heavy atom. The second kappa shape index (κ2) is 11.2. The Bertz CT molecular complexity index is 632. The second-order valence-electron chi connectivity index (χ2n) is 11.1. The molecule has 0 radical (unpaired) electrons. The highest BCUT2D eigenvalue weighted by Crippen LogP contribution is 2.25. The van der Waals surface area contributed by atoms with Gasteiger partial charge in [0.15, 0.2) is 0 Å². The van der Waals surface area contributed by atoms with Gasteiger partial charge in [-0.15, -0.1) is 0 Å². The van der Waals surface area contributed by atoms with Crippen molar-refractivity contribution in [2.45, 2.75) is 79.1 Å². The summed E-state index contributed by atoms with van der Waals surface area (Å²) < 4.78 is 0. The molecule has 1 aliphatic rings. The van der Waals surface area contributed by atoms with Crippen molar-refractivity contribution in [3.63, 3.8) is 0 Å². The Kier molecular flexibility index (Phi) is 9.21. The van der Waals surface area contributed by atoms with E-state index in [-0.39, 0.29) is 11.3 Å². The number of nitrogens with one attached hydrogen (secondary N) is 1. The molecule has 0 aliphatic carbocycles. The first-order chi connectivity index (χ1) is 14.0. The minimum absolute atomic E-state index is 0.174. The molecule has 0 bridgehead atoms. The molecule has 0 spiro atoms. The Hall–Kier alpha value is -1.55. The molecule has 1 saturated heterocycles. The molecular formula is C26H45N3O. The van der Waals surface area contributed by atoms with Gasteiger partial charge in [-0.05, 0) is 41.4 Å². The SMILES string of the molecule is CC(C)(C)CCCCCCNC(=O)CN1CCN(c2ccc(C(C)(C)C)cc2)CC1. The average Bonchev–Trinajstić information content (AvgIpc) is 2.66. The molecule has 4 heteroatoms. The minimum atomic E-state index is 0.174. The molecule has 1 aromatic rings. The van der Waals surface area contributed by atoms with Gasteiger partial charge in [-0.3, -0.25) is 9.69 Å². The van der Waals surface area contributed by atoms with E-state index in [0.29, 0.717) is 12.0 Å². The lowest BCUT2D eigenvalue weighted by Gasteiger charge is -2.36. The number of nitrogens with zero attached hydrogens (tertiary/aromatic N) is 2. The molecule has 1 fully saturated rings. The van der Waals surface area contributed by atoms with Gasteiger partial charge in [0.05, 0.1) is 6.54 Å². The molecule has 1 N–H and O–H groups in total. The summed E-state index contributed by atoms with van der Waals surface area (Å²) in [4.78, 5) is 17.0. The fourth-order valence-electron chi connectivity index (χ4n) is 3.96. The zero-order chi connectivity index (χ0) is 22.2. The van der Waals surface area contributed by atoms with Crippen LogP contribution in [0.4, 0.5) is 5.69 Å². The Morgan fingerprint density at radius 3 is 2.03 bits per heavy atom. The van der Waals surface area contributed by atoms with E-state index in [4.69, 9.17) is 0 Å². The minimum Gasteiger partial charge on any atom is -0.369 e. The third kappa shape index (κ3) is 9.07. The zero-order valence-corrected chi connectivity index (χ0v) is 20.4. The predicted molar refractivity (Wildman–Crippen MR) is 129 cm³/mol. The van der Waals surface area contributed by atoms with Gasteiger partial charge in [-0.25, -0.2) is 0 Å². The monoisotopic (exact) mass is 415 g/mol. The molecular weight excluding hydrogens is 370 g/mol. The number of amides is 1. The highest BCUT2D eigenvalue weighted by molar-refractivity contribution is 5.78. The summed E-state index contributed by atoms with van der Waals surface area (Å²) in [5.74, 6) is 0.174. The van der Waals surface area contributed by atoms with E-state index >= 15 is 0 Å². The summed E-state index contributed by atoms with van der Waals surface area (Å²) in [6.45, 7) is 18.8. The van der Waals surface area contributed by atoms with Crippen LogP contribution in [0.25, 0.3) is 0 Å². The van der Waals surface area contributed by atoms with Crippen molar-refractivity contribution in [1.82, 2.24) is 10.2 Å². The van der Waals surface area contributed by atoms with Gasteiger partial charge in [-0.2, -0.15) is 0 Å². The van der Waals surface area contributed by atoms with Gasteiger partial charge < -0.3 is 10.2 Å². The van der Waals surface area contributed by atoms with Crippen molar-refractivity contribution < 1.29 is 4.79 Å². The number of unbranched alkanes of at least 4 members (excludes halogenated alkanes) is 3. The molecule has 1 heterocycles. The largest absolute Gasteiger partial charge is 0.369 e. The van der Waals surface area contributed by atoms with Crippen molar-refractivity contribution in [1.29, 1.82) is 0 Å². The van der Waals surface area contributed by atoms with Crippen molar-refractivity contribution in [2.24, 2.45) is 5.41 Å². The molecule has 2 rings (SSSR count). The van der Waals surface area contributed by atoms with Gasteiger partial charge in [0.25, 0.3) is 0 Å². The lowest BCUT2D eigenvalue weighted by Crippen LogP contribution is -2.49. The number of hydrogen-bond donors (Lipinski definition) is 1. The maximum atomic E-state index is 12.2. The first-order valence-corrected chi connectivity index (χ1v) is 11.9. The molecule has 1 aromatic carbocycles. The summed E-state index contributed by atoms with van der Waals surface area (Å²) in [6, 6.07) is 8.98. The van der Waals surface area contributed by atoms with Crippen LogP contribution in [0.5, 0.6) is 0 Å². The second-order valence-corrected chi connectivity index (χ2v) is 11.1. The van der Waals surface area contributed by atoms with Gasteiger partial charge >= 0.3 is 0 Å². The highest BCUT2D eigenvalue weighted by atomic mass is 16.2. The Labute approximate surface area is 185 Å². The third-order valence-electron chi connectivity index (χ3n) is 6.01. The molecule has 4 nitrogen and oxygen atoms in total. The molecule has 0 atom stereocenters. The number of carbonyl (C=O) groups is 1. The first-order valence-electron chi connectivity index (χ1n) is 11.9. The summed E-state index contributed by atoms with van der Waals surface area (Å²) in [6.07, 6.45) is 6.15. The van der Waals surface area contributed by atoms with Crippen LogP contribution >= 0.6 is 0 Å². The molecule has 0 unspecified atom stereocenters. The van der Waals surface area contributed by atoms with E-state index in [1.165, 1.54) is 36.9 Å². The van der Waals surface area contributed by atoms with E-state index in [9.17, 15) is 4.79 Å². The smallest absolute Gasteiger partial charge is 0.234 e. The summed E-state index contributed by atoms with van der Waals surface area (Å²) in [7, 11) is 0. The van der Waals surface area contributed by atoms with Crippen molar-refractivity contribution in [3.8, 4) is 0 Å². The van der Waals surface area contributed by atoms with Crippen LogP contribution in [0.1, 0.15) is 79.2 Å². The van der Waals surface area contributed by atoms with Gasteiger partial charge in [-0.1, -0.05) is 72.9 Å². The third-order valence-corrected chi connectivity index (χ3v) is 6.01. The maximum absolute atomic E-state index is 12.2. The fraction of sp³-hybridized carbons (Fsp3) is 0.731. The normalized spacial score (nSPS) is 16.0. The maximum Gasteiger partial charge on any atom is 0.234 e. The molecule has 1 amide bonds. The van der Waals surface area contributed by atoms with Crippen LogP contribution in [0.2, 0.25) is 0 Å². The van der Waals surface area contributed by atoms with E-state index in [1.807, 2.05) is 0 Å². The van der Waals surface area contributed by atoms with Gasteiger partial charge in [0, 0.05) is 38.4 Å². The standard InChI is InChI=1S/C26H45N3O/c1-25(2,3)15-9-7-8-10-16-27-24(30)21-28-17-19-29(20-18-28)23-13-11-22(12-14-23)26(4,5)6/h11-14H,7-10,15-21H2,1-6H3,(H,27,30). The molecule has 0 saturated carbocycles. The van der Waals surface area contributed by atoms with E-state index in [2.05, 4.69) is 80.9 Å². The highest BCUT2D eigenvalue weighted by Gasteiger charge is 2.20.